The van der Waals surface area contributed by atoms with E-state index in [0.717, 1.165) is 0 Å². The van der Waals surface area contributed by atoms with Gasteiger partial charge in [-0.15, -0.1) is 0 Å². The minimum Gasteiger partial charge on any atom is -0.477 e. The summed E-state index contributed by atoms with van der Waals surface area (Å²) < 4.78 is 0. The van der Waals surface area contributed by atoms with Crippen molar-refractivity contribution < 1.29 is 14.7 Å². The smallest absolute Gasteiger partial charge is 0.354 e. The van der Waals surface area contributed by atoms with Crippen LogP contribution in [0.4, 0.5) is 16.2 Å². The average Bonchev–Trinajstić information content (AvgIpc) is 2.71. The van der Waals surface area contributed by atoms with Crippen LogP contribution in [0.5, 0.6) is 0 Å². The molecule has 6 nitrogen and oxygen atoms in total. The van der Waals surface area contributed by atoms with Crippen LogP contribution in [0.1, 0.15) is 16.2 Å². The Morgan fingerprint density at radius 2 is 1.84 bits per heavy atom. The van der Waals surface area contributed by atoms with Gasteiger partial charge in [0.2, 0.25) is 0 Å². The predicted octanol–water partition coefficient (Wildman–Crippen LogP) is 2.67. The number of H-pyrrole nitrogens is 1. The summed E-state index contributed by atoms with van der Waals surface area (Å²) in [6, 6.07) is 9.96. The molecule has 1 aromatic heterocycles. The third kappa shape index (κ3) is 3.12. The highest BCUT2D eigenvalue weighted by molar-refractivity contribution is 6.04. The van der Waals surface area contributed by atoms with E-state index in [-0.39, 0.29) is 11.4 Å². The van der Waals surface area contributed by atoms with Gasteiger partial charge in [-0.05, 0) is 25.1 Å². The number of carbonyl (C=O) groups excluding carboxylic acids is 1. The summed E-state index contributed by atoms with van der Waals surface area (Å²) >= 11 is 0. The number of para-hydroxylation sites is 1. The maximum Gasteiger partial charge on any atom is 0.354 e. The fraction of sp³-hybridized carbons (Fsp3) is 0.0769. The van der Waals surface area contributed by atoms with Gasteiger partial charge in [0.15, 0.2) is 0 Å². The number of rotatable bonds is 3. The highest BCUT2D eigenvalue weighted by Crippen LogP contribution is 2.17. The predicted molar refractivity (Wildman–Crippen MR) is 71.6 cm³/mol. The minimum absolute atomic E-state index is 0.0410. The van der Waals surface area contributed by atoms with E-state index in [1.807, 2.05) is 6.07 Å². The molecule has 0 saturated carbocycles. The van der Waals surface area contributed by atoms with Crippen LogP contribution in [0.2, 0.25) is 0 Å². The van der Waals surface area contributed by atoms with Crippen molar-refractivity contribution in [1.29, 1.82) is 0 Å². The van der Waals surface area contributed by atoms with E-state index in [1.165, 1.54) is 0 Å². The van der Waals surface area contributed by atoms with E-state index in [4.69, 9.17) is 5.11 Å². The molecule has 2 aromatic rings. The molecule has 4 N–H and O–H groups in total. The Labute approximate surface area is 109 Å². The molecule has 1 aromatic carbocycles. The van der Waals surface area contributed by atoms with Gasteiger partial charge in [0.05, 0.1) is 5.69 Å². The number of hydrogen-bond donors (Lipinski definition) is 4. The second kappa shape index (κ2) is 5.26. The first-order valence-corrected chi connectivity index (χ1v) is 5.62. The van der Waals surface area contributed by atoms with Gasteiger partial charge in [-0.25, -0.2) is 9.59 Å². The maximum atomic E-state index is 11.7. The van der Waals surface area contributed by atoms with Crippen LogP contribution >= 0.6 is 0 Å². The molecule has 2 amide bonds. The van der Waals surface area contributed by atoms with Crippen molar-refractivity contribution in [1.82, 2.24) is 4.98 Å². The minimum atomic E-state index is -1.12. The largest absolute Gasteiger partial charge is 0.477 e. The molecule has 0 aliphatic rings. The lowest BCUT2D eigenvalue weighted by molar-refractivity contribution is 0.0692. The highest BCUT2D eigenvalue weighted by atomic mass is 16.4. The number of carboxylic acid groups (broad SMARTS) is 1. The SMILES string of the molecule is Cc1cc(NC(=O)Nc2ccccc2)c(C(=O)O)[nH]1. The molecule has 0 aliphatic heterocycles. The fourth-order valence-corrected chi connectivity index (χ4v) is 1.66. The number of anilines is 2. The number of carbonyl (C=O) groups is 2. The number of amides is 2. The molecular formula is C13H13N3O3. The number of benzene rings is 1. The summed E-state index contributed by atoms with van der Waals surface area (Å²) in [4.78, 5) is 25.4. The van der Waals surface area contributed by atoms with E-state index in [1.54, 1.807) is 37.3 Å². The lowest BCUT2D eigenvalue weighted by atomic mass is 10.3. The van der Waals surface area contributed by atoms with Gasteiger partial charge in [0, 0.05) is 11.4 Å². The topological polar surface area (TPSA) is 94.2 Å². The van der Waals surface area contributed by atoms with Crippen molar-refractivity contribution in [3.8, 4) is 0 Å². The highest BCUT2D eigenvalue weighted by Gasteiger charge is 2.15. The van der Waals surface area contributed by atoms with Crippen LogP contribution in [-0.4, -0.2) is 22.1 Å². The number of nitrogens with one attached hydrogen (secondary N) is 3. The molecule has 0 unspecified atom stereocenters. The van der Waals surface area contributed by atoms with E-state index in [2.05, 4.69) is 15.6 Å². The zero-order valence-corrected chi connectivity index (χ0v) is 10.2. The van der Waals surface area contributed by atoms with E-state index < -0.39 is 12.0 Å². The Bertz CT molecular complexity index is 605. The van der Waals surface area contributed by atoms with Crippen LogP contribution < -0.4 is 10.6 Å². The van der Waals surface area contributed by atoms with Crippen LogP contribution in [0, 0.1) is 6.92 Å². The fourth-order valence-electron chi connectivity index (χ4n) is 1.66. The Hall–Kier alpha value is -2.76. The third-order valence-corrected chi connectivity index (χ3v) is 2.45. The Morgan fingerprint density at radius 1 is 1.16 bits per heavy atom. The summed E-state index contributed by atoms with van der Waals surface area (Å²) in [5.41, 5.74) is 1.48. The molecule has 0 saturated heterocycles. The number of aryl methyl sites for hydroxylation is 1. The van der Waals surface area contributed by atoms with Gasteiger partial charge in [-0.1, -0.05) is 18.2 Å². The normalized spacial score (nSPS) is 9.95. The molecule has 98 valence electrons. The molecule has 0 spiro atoms. The van der Waals surface area contributed by atoms with Crippen LogP contribution in [-0.2, 0) is 0 Å². The monoisotopic (exact) mass is 259 g/mol. The molecular weight excluding hydrogens is 246 g/mol. The second-order valence-electron chi connectivity index (χ2n) is 3.99. The van der Waals surface area contributed by atoms with E-state index in [9.17, 15) is 9.59 Å². The summed E-state index contributed by atoms with van der Waals surface area (Å²) in [5.74, 6) is -1.12. The lowest BCUT2D eigenvalue weighted by Crippen LogP contribution is -2.20. The molecule has 0 atom stereocenters. The van der Waals surface area contributed by atoms with Crippen LogP contribution in [0.3, 0.4) is 0 Å². The number of aromatic carboxylic acids is 1. The molecule has 0 radical (unpaired) electrons. The lowest BCUT2D eigenvalue weighted by Gasteiger charge is -2.06. The van der Waals surface area contributed by atoms with Crippen LogP contribution in [0.25, 0.3) is 0 Å². The first-order chi connectivity index (χ1) is 9.06. The van der Waals surface area contributed by atoms with Crippen LogP contribution in [0.15, 0.2) is 36.4 Å². The molecule has 1 heterocycles. The van der Waals surface area contributed by atoms with Crippen molar-refractivity contribution in [3.05, 3.63) is 47.8 Å². The summed E-state index contributed by atoms with van der Waals surface area (Å²) in [7, 11) is 0. The Balaban J connectivity index is 2.09. The first kappa shape index (κ1) is 12.7. The Morgan fingerprint density at radius 3 is 2.47 bits per heavy atom. The van der Waals surface area contributed by atoms with E-state index >= 15 is 0 Å². The molecule has 0 aliphatic carbocycles. The van der Waals surface area contributed by atoms with Gasteiger partial charge in [0.1, 0.15) is 5.69 Å². The Kier molecular flexibility index (Phi) is 3.51. The number of aromatic amines is 1. The zero-order chi connectivity index (χ0) is 13.8. The summed E-state index contributed by atoms with van der Waals surface area (Å²) in [5, 5.41) is 14.1. The van der Waals surface area contributed by atoms with Crippen molar-refractivity contribution in [3.63, 3.8) is 0 Å². The summed E-state index contributed by atoms with van der Waals surface area (Å²) in [6.07, 6.45) is 0. The zero-order valence-electron chi connectivity index (χ0n) is 10.2. The number of aromatic nitrogens is 1. The van der Waals surface area contributed by atoms with Gasteiger partial charge in [-0.2, -0.15) is 0 Å². The quantitative estimate of drug-likeness (QED) is 0.682. The second-order valence-corrected chi connectivity index (χ2v) is 3.99. The number of carboxylic acids is 1. The van der Waals surface area contributed by atoms with Gasteiger partial charge >= 0.3 is 12.0 Å². The van der Waals surface area contributed by atoms with Crippen molar-refractivity contribution in [2.75, 3.05) is 10.6 Å². The molecule has 0 bridgehead atoms. The standard InChI is InChI=1S/C13H13N3O3/c1-8-7-10(11(14-8)12(17)18)16-13(19)15-9-5-3-2-4-6-9/h2-7,14H,1H3,(H,17,18)(H2,15,16,19). The van der Waals surface area contributed by atoms with Crippen molar-refractivity contribution in [2.24, 2.45) is 0 Å². The summed E-state index contributed by atoms with van der Waals surface area (Å²) in [6.45, 7) is 1.72. The molecule has 0 fully saturated rings. The number of urea groups is 1. The third-order valence-electron chi connectivity index (χ3n) is 2.45. The van der Waals surface area contributed by atoms with E-state index in [0.29, 0.717) is 11.4 Å². The van der Waals surface area contributed by atoms with Gasteiger partial charge in [-0.3, -0.25) is 0 Å². The average molecular weight is 259 g/mol. The number of hydrogen-bond acceptors (Lipinski definition) is 2. The maximum absolute atomic E-state index is 11.7. The molecule has 6 heteroatoms. The van der Waals surface area contributed by atoms with Crippen molar-refractivity contribution >= 4 is 23.4 Å². The van der Waals surface area contributed by atoms with Crippen molar-refractivity contribution in [2.45, 2.75) is 6.92 Å². The first-order valence-electron chi connectivity index (χ1n) is 5.62. The van der Waals surface area contributed by atoms with Gasteiger partial charge in [0.25, 0.3) is 0 Å². The molecule has 2 rings (SSSR count). The molecule has 19 heavy (non-hydrogen) atoms. The van der Waals surface area contributed by atoms with Gasteiger partial charge < -0.3 is 20.7 Å².